The molecule has 1 nitrogen and oxygen atoms in total. The van der Waals surface area contributed by atoms with Crippen molar-refractivity contribution in [3.63, 3.8) is 0 Å². The van der Waals surface area contributed by atoms with E-state index in [0.717, 1.165) is 31.5 Å². The Morgan fingerprint density at radius 2 is 2.19 bits per heavy atom. The number of rotatable bonds is 6. The van der Waals surface area contributed by atoms with E-state index in [1.807, 2.05) is 0 Å². The van der Waals surface area contributed by atoms with Crippen molar-refractivity contribution in [3.05, 3.63) is 34.6 Å². The Morgan fingerprint density at radius 1 is 1.44 bits per heavy atom. The highest BCUT2D eigenvalue weighted by molar-refractivity contribution is 6.30. The van der Waals surface area contributed by atoms with Gasteiger partial charge in [-0.1, -0.05) is 31.5 Å². The van der Waals surface area contributed by atoms with E-state index in [9.17, 15) is 4.39 Å². The Morgan fingerprint density at radius 3 is 2.81 bits per heavy atom. The van der Waals surface area contributed by atoms with E-state index in [0.29, 0.717) is 10.9 Å². The van der Waals surface area contributed by atoms with Gasteiger partial charge < -0.3 is 5.32 Å². The molecule has 0 aromatic heterocycles. The third-order valence-corrected chi connectivity index (χ3v) is 2.74. The van der Waals surface area contributed by atoms with Crippen LogP contribution in [0.2, 0.25) is 5.02 Å². The van der Waals surface area contributed by atoms with Gasteiger partial charge in [0.05, 0.1) is 0 Å². The van der Waals surface area contributed by atoms with Gasteiger partial charge in [0.1, 0.15) is 5.82 Å². The summed E-state index contributed by atoms with van der Waals surface area (Å²) in [5, 5.41) is 3.79. The van der Waals surface area contributed by atoms with E-state index in [-0.39, 0.29) is 5.82 Å². The molecule has 1 unspecified atom stereocenters. The molecule has 0 aliphatic carbocycles. The van der Waals surface area contributed by atoms with Crippen molar-refractivity contribution >= 4 is 11.6 Å². The van der Waals surface area contributed by atoms with Crippen molar-refractivity contribution in [1.29, 1.82) is 0 Å². The average molecular weight is 244 g/mol. The van der Waals surface area contributed by atoms with Crippen LogP contribution in [0.5, 0.6) is 0 Å². The summed E-state index contributed by atoms with van der Waals surface area (Å²) in [7, 11) is 0. The largest absolute Gasteiger partial charge is 0.316 e. The monoisotopic (exact) mass is 243 g/mol. The van der Waals surface area contributed by atoms with Crippen LogP contribution in [0.4, 0.5) is 4.39 Å². The smallest absolute Gasteiger partial charge is 0.127 e. The molecular weight excluding hydrogens is 225 g/mol. The molecule has 0 fully saturated rings. The highest BCUT2D eigenvalue weighted by Gasteiger charge is 2.08. The zero-order valence-corrected chi connectivity index (χ0v) is 10.6. The molecule has 0 heterocycles. The van der Waals surface area contributed by atoms with Gasteiger partial charge in [0, 0.05) is 5.02 Å². The van der Waals surface area contributed by atoms with Gasteiger partial charge in [-0.2, -0.15) is 0 Å². The molecule has 0 saturated heterocycles. The van der Waals surface area contributed by atoms with Crippen LogP contribution in [-0.4, -0.2) is 13.1 Å². The molecule has 1 aromatic carbocycles. The van der Waals surface area contributed by atoms with Crippen molar-refractivity contribution in [2.75, 3.05) is 13.1 Å². The lowest BCUT2D eigenvalue weighted by Crippen LogP contribution is -2.23. The molecule has 90 valence electrons. The van der Waals surface area contributed by atoms with Gasteiger partial charge >= 0.3 is 0 Å². The lowest BCUT2D eigenvalue weighted by atomic mass is 10.0. The van der Waals surface area contributed by atoms with Gasteiger partial charge in [-0.25, -0.2) is 4.39 Å². The Hall–Kier alpha value is -0.600. The van der Waals surface area contributed by atoms with E-state index in [4.69, 9.17) is 11.6 Å². The molecule has 0 saturated carbocycles. The van der Waals surface area contributed by atoms with E-state index in [1.54, 1.807) is 12.1 Å². The average Bonchev–Trinajstić information content (AvgIpc) is 2.23. The van der Waals surface area contributed by atoms with Crippen molar-refractivity contribution < 1.29 is 4.39 Å². The minimum absolute atomic E-state index is 0.199. The molecule has 0 aliphatic heterocycles. The summed E-state index contributed by atoms with van der Waals surface area (Å²) in [6.07, 6.45) is 1.88. The second kappa shape index (κ2) is 6.87. The molecule has 0 bridgehead atoms. The first-order valence-electron chi connectivity index (χ1n) is 5.78. The standard InChI is InChI=1S/C13H19ClFN/c1-3-6-16-9-10(2)7-11-4-5-12(14)8-13(11)15/h4-5,8,10,16H,3,6-7,9H2,1-2H3. The molecule has 3 heteroatoms. The van der Waals surface area contributed by atoms with Crippen LogP contribution in [0.15, 0.2) is 18.2 Å². The molecule has 0 aliphatic rings. The molecular formula is C13H19ClFN. The molecule has 1 atom stereocenters. The third-order valence-electron chi connectivity index (χ3n) is 2.50. The van der Waals surface area contributed by atoms with Crippen molar-refractivity contribution in [3.8, 4) is 0 Å². The molecule has 16 heavy (non-hydrogen) atoms. The van der Waals surface area contributed by atoms with Gasteiger partial charge in [0.15, 0.2) is 0 Å². The summed E-state index contributed by atoms with van der Waals surface area (Å²) < 4.78 is 13.5. The molecule has 1 aromatic rings. The summed E-state index contributed by atoms with van der Waals surface area (Å²) in [4.78, 5) is 0. The van der Waals surface area contributed by atoms with E-state index in [1.165, 1.54) is 6.07 Å². The topological polar surface area (TPSA) is 12.0 Å². The molecule has 1 rings (SSSR count). The Balaban J connectivity index is 2.46. The number of nitrogens with one attached hydrogen (secondary N) is 1. The van der Waals surface area contributed by atoms with Crippen LogP contribution >= 0.6 is 11.6 Å². The van der Waals surface area contributed by atoms with Crippen LogP contribution in [0.3, 0.4) is 0 Å². The fourth-order valence-corrected chi connectivity index (χ4v) is 1.82. The SMILES string of the molecule is CCCNCC(C)Cc1ccc(Cl)cc1F. The van der Waals surface area contributed by atoms with E-state index < -0.39 is 0 Å². The summed E-state index contributed by atoms with van der Waals surface area (Å²) >= 11 is 5.70. The first-order chi connectivity index (χ1) is 7.63. The van der Waals surface area contributed by atoms with Crippen LogP contribution in [-0.2, 0) is 6.42 Å². The second-order valence-electron chi connectivity index (χ2n) is 4.25. The Kier molecular flexibility index (Phi) is 5.78. The van der Waals surface area contributed by atoms with E-state index in [2.05, 4.69) is 19.2 Å². The summed E-state index contributed by atoms with van der Waals surface area (Å²) in [5.74, 6) is 0.233. The minimum Gasteiger partial charge on any atom is -0.316 e. The second-order valence-corrected chi connectivity index (χ2v) is 4.69. The Bertz CT molecular complexity index is 328. The van der Waals surface area contributed by atoms with Gasteiger partial charge in [-0.15, -0.1) is 0 Å². The number of hydrogen-bond acceptors (Lipinski definition) is 1. The van der Waals surface area contributed by atoms with Gasteiger partial charge in [-0.3, -0.25) is 0 Å². The number of halogens is 2. The number of hydrogen-bond donors (Lipinski definition) is 1. The van der Waals surface area contributed by atoms with Crippen LogP contribution in [0.25, 0.3) is 0 Å². The fourth-order valence-electron chi connectivity index (χ4n) is 1.66. The van der Waals surface area contributed by atoms with Crippen LogP contribution < -0.4 is 5.32 Å². The first-order valence-corrected chi connectivity index (χ1v) is 6.16. The molecule has 0 spiro atoms. The maximum Gasteiger partial charge on any atom is 0.127 e. The van der Waals surface area contributed by atoms with Crippen molar-refractivity contribution in [2.24, 2.45) is 5.92 Å². The normalized spacial score (nSPS) is 12.8. The first kappa shape index (κ1) is 13.5. The van der Waals surface area contributed by atoms with Crippen LogP contribution in [0, 0.1) is 11.7 Å². The predicted molar refractivity (Wildman–Crippen MR) is 67.4 cm³/mol. The molecule has 0 amide bonds. The highest BCUT2D eigenvalue weighted by atomic mass is 35.5. The number of benzene rings is 1. The summed E-state index contributed by atoms with van der Waals surface area (Å²) in [5.41, 5.74) is 0.746. The summed E-state index contributed by atoms with van der Waals surface area (Å²) in [6, 6.07) is 4.89. The predicted octanol–water partition coefficient (Wildman–Crippen LogP) is 3.66. The maximum atomic E-state index is 13.5. The lowest BCUT2D eigenvalue weighted by Gasteiger charge is -2.12. The fraction of sp³-hybridized carbons (Fsp3) is 0.538. The van der Waals surface area contributed by atoms with Gasteiger partial charge in [0.25, 0.3) is 0 Å². The zero-order valence-electron chi connectivity index (χ0n) is 9.89. The zero-order chi connectivity index (χ0) is 12.0. The lowest BCUT2D eigenvalue weighted by molar-refractivity contribution is 0.497. The molecule has 1 N–H and O–H groups in total. The minimum atomic E-state index is -0.199. The van der Waals surface area contributed by atoms with Crippen LogP contribution in [0.1, 0.15) is 25.8 Å². The highest BCUT2D eigenvalue weighted by Crippen LogP contribution is 2.17. The quantitative estimate of drug-likeness (QED) is 0.752. The van der Waals surface area contributed by atoms with Crippen molar-refractivity contribution in [2.45, 2.75) is 26.7 Å². The molecule has 0 radical (unpaired) electrons. The van der Waals surface area contributed by atoms with Gasteiger partial charge in [0.2, 0.25) is 0 Å². The van der Waals surface area contributed by atoms with Gasteiger partial charge in [-0.05, 0) is 49.5 Å². The third kappa shape index (κ3) is 4.50. The Labute approximate surface area is 102 Å². The van der Waals surface area contributed by atoms with E-state index >= 15 is 0 Å². The van der Waals surface area contributed by atoms with Crippen molar-refractivity contribution in [1.82, 2.24) is 5.32 Å². The maximum absolute atomic E-state index is 13.5. The summed E-state index contributed by atoms with van der Waals surface area (Å²) in [6.45, 7) is 6.20.